The van der Waals surface area contributed by atoms with Gasteiger partial charge in [-0.05, 0) is 56.2 Å². The maximum absolute atomic E-state index is 15.2. The van der Waals surface area contributed by atoms with E-state index in [9.17, 15) is 38.4 Å². The van der Waals surface area contributed by atoms with E-state index in [1.54, 1.807) is 82.5 Å². The highest BCUT2D eigenvalue weighted by molar-refractivity contribution is 8.16. The zero-order valence-electron chi connectivity index (χ0n) is 44.5. The van der Waals surface area contributed by atoms with E-state index in [0.29, 0.717) is 22.1 Å². The molecule has 4 heterocycles. The summed E-state index contributed by atoms with van der Waals surface area (Å²) in [6.45, 7) is 7.69. The van der Waals surface area contributed by atoms with Gasteiger partial charge in [-0.1, -0.05) is 52.0 Å². The van der Waals surface area contributed by atoms with Gasteiger partial charge in [0.2, 0.25) is 35.4 Å². The molecule has 0 spiro atoms. The number of thioether (sulfide) groups is 2. The summed E-state index contributed by atoms with van der Waals surface area (Å²) in [6.07, 6.45) is 4.06. The van der Waals surface area contributed by atoms with E-state index < -0.39 is 137 Å². The Labute approximate surface area is 453 Å². The van der Waals surface area contributed by atoms with Gasteiger partial charge in [0.1, 0.15) is 72.9 Å². The lowest BCUT2D eigenvalue weighted by Gasteiger charge is -2.40. The van der Waals surface area contributed by atoms with Crippen LogP contribution in [0.5, 0.6) is 0 Å². The number of nitrogens with zero attached hydrogens (tertiary/aromatic N) is 8. The van der Waals surface area contributed by atoms with Crippen molar-refractivity contribution in [2.45, 2.75) is 94.5 Å². The summed E-state index contributed by atoms with van der Waals surface area (Å²) in [5.74, 6) is -10.4. The third-order valence-corrected chi connectivity index (χ3v) is 16.0. The first-order chi connectivity index (χ1) is 36.4. The van der Waals surface area contributed by atoms with Crippen molar-refractivity contribution in [3.05, 3.63) is 72.3 Å². The predicted octanol–water partition coefficient (Wildman–Crippen LogP) is 0.635. The fourth-order valence-electron chi connectivity index (χ4n) is 8.88. The molecule has 1 unspecified atom stereocenters. The van der Waals surface area contributed by atoms with E-state index in [1.165, 1.54) is 54.4 Å². The lowest BCUT2D eigenvalue weighted by atomic mass is 10.0. The molecule has 0 saturated carbocycles. The number of hydrogen-bond acceptors (Lipinski definition) is 18. The quantitative estimate of drug-likeness (QED) is 0.185. The minimum Gasteiger partial charge on any atom is -0.461 e. The summed E-state index contributed by atoms with van der Waals surface area (Å²) in [6, 6.07) is 1.79. The SMILES string of the molecule is CS[C@@H]1SC[C@H]2C(=O)N(C)[C@@H](C(C)C)C(=O)OC[C@H](NC(=O)c3cnc4ccccc4n3)C(=O)N[C@H](C)C(=O)N(C)[C@@H]1C(=O)N(C)[C@@H](C(C)C)C(=O)OC[C@H](NC(=O)c1cnc3ccccc3n1)C(=O)NC(C)C(=O)N2C. The lowest BCUT2D eigenvalue weighted by Crippen LogP contribution is -2.60. The molecule has 0 aliphatic carbocycles. The first kappa shape index (κ1) is 58.8. The Balaban J connectivity index is 1.43. The van der Waals surface area contributed by atoms with E-state index >= 15 is 9.59 Å². The van der Waals surface area contributed by atoms with Crippen LogP contribution in [0.1, 0.15) is 62.5 Å². The number of hydrogen-bond donors (Lipinski definition) is 4. The zero-order chi connectivity index (χ0) is 56.6. The van der Waals surface area contributed by atoms with Gasteiger partial charge in [-0.3, -0.25) is 48.3 Å². The van der Waals surface area contributed by atoms with Crippen LogP contribution in [-0.2, 0) is 47.8 Å². The Kier molecular flexibility index (Phi) is 19.5. The van der Waals surface area contributed by atoms with Crippen molar-refractivity contribution in [1.82, 2.24) is 60.8 Å². The van der Waals surface area contributed by atoms with Crippen LogP contribution >= 0.6 is 23.5 Å². The van der Waals surface area contributed by atoms with Gasteiger partial charge < -0.3 is 50.3 Å². The van der Waals surface area contributed by atoms with Crippen molar-refractivity contribution in [2.24, 2.45) is 11.8 Å². The summed E-state index contributed by atoms with van der Waals surface area (Å²) in [4.78, 5) is 166. The summed E-state index contributed by atoms with van der Waals surface area (Å²) in [5.41, 5.74) is 1.38. The van der Waals surface area contributed by atoms with Crippen LogP contribution in [-0.4, -0.2) is 205 Å². The summed E-state index contributed by atoms with van der Waals surface area (Å²) in [7, 11) is 5.32. The highest BCUT2D eigenvalue weighted by Gasteiger charge is 2.45. The molecule has 6 rings (SSSR count). The van der Waals surface area contributed by atoms with Gasteiger partial charge >= 0.3 is 11.9 Å². The molecule has 2 fully saturated rings. The number of benzene rings is 2. The molecule has 77 heavy (non-hydrogen) atoms. The molecule has 8 amide bonds. The molecule has 2 aliphatic rings. The number of rotatable bonds is 7. The number of fused-ring (bicyclic) bond motifs is 6. The second-order valence-corrected chi connectivity index (χ2v) is 21.8. The van der Waals surface area contributed by atoms with Gasteiger partial charge in [0.15, 0.2) is 0 Å². The Morgan fingerprint density at radius 1 is 0.610 bits per heavy atom. The molecule has 26 heteroatoms. The number of likely N-dealkylation sites (N-methyl/N-ethyl adjacent to an activating group) is 4. The Bertz CT molecular complexity index is 2930. The maximum atomic E-state index is 15.2. The monoisotopic (exact) mass is 1100 g/mol. The molecule has 412 valence electrons. The second-order valence-electron chi connectivity index (χ2n) is 19.3. The first-order valence-electron chi connectivity index (χ1n) is 24.7. The van der Waals surface area contributed by atoms with E-state index in [1.807, 2.05) is 0 Å². The lowest BCUT2D eigenvalue weighted by molar-refractivity contribution is -0.160. The summed E-state index contributed by atoms with van der Waals surface area (Å²) >= 11 is 2.16. The number of cyclic esters (lactones) is 2. The number of aromatic nitrogens is 4. The van der Waals surface area contributed by atoms with Crippen LogP contribution in [0.4, 0.5) is 0 Å². The number of carbonyl (C=O) groups excluding carboxylic acids is 10. The van der Waals surface area contributed by atoms with Crippen LogP contribution in [0.15, 0.2) is 60.9 Å². The van der Waals surface area contributed by atoms with Crippen molar-refractivity contribution < 1.29 is 57.4 Å². The molecule has 2 aliphatic heterocycles. The number of para-hydroxylation sites is 4. The van der Waals surface area contributed by atoms with E-state index in [0.717, 1.165) is 43.1 Å². The van der Waals surface area contributed by atoms with Gasteiger partial charge in [-0.15, -0.1) is 23.5 Å². The Hall–Kier alpha value is -7.48. The van der Waals surface area contributed by atoms with Gasteiger partial charge in [0, 0.05) is 33.9 Å². The third kappa shape index (κ3) is 13.6. The number of esters is 2. The van der Waals surface area contributed by atoms with Crippen molar-refractivity contribution in [3.8, 4) is 0 Å². The highest BCUT2D eigenvalue weighted by atomic mass is 32.2. The maximum Gasteiger partial charge on any atom is 0.329 e. The molecule has 9 atom stereocenters. The van der Waals surface area contributed by atoms with E-state index in [-0.39, 0.29) is 17.1 Å². The minimum atomic E-state index is -1.66. The minimum absolute atomic E-state index is 0.182. The van der Waals surface area contributed by atoms with Crippen molar-refractivity contribution in [3.63, 3.8) is 0 Å². The van der Waals surface area contributed by atoms with Gasteiger partial charge in [0.05, 0.1) is 39.0 Å². The molecular weight excluding hydrogens is 1040 g/mol. The van der Waals surface area contributed by atoms with Crippen LogP contribution in [0.3, 0.4) is 0 Å². The number of ether oxygens (including phenoxy) is 2. The van der Waals surface area contributed by atoms with Crippen LogP contribution < -0.4 is 21.3 Å². The van der Waals surface area contributed by atoms with Crippen molar-refractivity contribution in [1.29, 1.82) is 0 Å². The topological polar surface area (TPSA) is 302 Å². The molecule has 2 saturated heterocycles. The van der Waals surface area contributed by atoms with Crippen LogP contribution in [0.25, 0.3) is 22.1 Å². The first-order valence-corrected chi connectivity index (χ1v) is 27.0. The normalized spacial score (nSPS) is 25.4. The van der Waals surface area contributed by atoms with Crippen molar-refractivity contribution in [2.75, 3.05) is 53.4 Å². The second kappa shape index (κ2) is 25.6. The van der Waals surface area contributed by atoms with Gasteiger partial charge in [0.25, 0.3) is 11.8 Å². The average Bonchev–Trinajstić information content (AvgIpc) is 3.40. The molecule has 2 aromatic carbocycles. The molecular formula is C51H64N12O12S2. The van der Waals surface area contributed by atoms with Crippen molar-refractivity contribution >= 4 is 105 Å². The number of amides is 8. The van der Waals surface area contributed by atoms with E-state index in [4.69, 9.17) is 9.47 Å². The standard InChI is InChI=1S/C51H64N12O12S2/c1-25(2)38-49(72)74-22-36(59-42(65)34-21-53-30-17-13-15-19-32(30)57-34)44(67)55-28(6)46(69)63(10)40-48(71)62(9)39(26(3)4)50(73)75-23-35(58-41(64)33-20-52-29-16-12-14-18-31(29)56-33)43(66)54-27(5)45(68)60(7)37(47(70)61(38)8)24-77-51(40)76-11/h12-21,25-28,35-40,51H,22-24H2,1-11H3,(H,54,66)(H,55,67)(H,58,64)(H,59,65)/t27?,28-,35+,36+,37+,38+,39+,40-,51-/m1/s1. The Morgan fingerprint density at radius 3 is 1.43 bits per heavy atom. The number of nitrogens with one attached hydrogen (secondary N) is 4. The fraction of sp³-hybridized carbons (Fsp3) is 0.490. The molecule has 24 nitrogen and oxygen atoms in total. The van der Waals surface area contributed by atoms with Gasteiger partial charge in [-0.25, -0.2) is 19.6 Å². The zero-order valence-corrected chi connectivity index (χ0v) is 46.2. The summed E-state index contributed by atoms with van der Waals surface area (Å²) in [5, 5.41) is 10.2. The molecule has 4 N–H and O–H groups in total. The fourth-order valence-corrected chi connectivity index (χ4v) is 11.4. The largest absolute Gasteiger partial charge is 0.461 e. The van der Waals surface area contributed by atoms with Crippen LogP contribution in [0.2, 0.25) is 0 Å². The third-order valence-electron chi connectivity index (χ3n) is 13.2. The smallest absolute Gasteiger partial charge is 0.329 e. The molecule has 4 aromatic rings. The molecule has 0 radical (unpaired) electrons. The highest BCUT2D eigenvalue weighted by Crippen LogP contribution is 2.32. The van der Waals surface area contributed by atoms with E-state index in [2.05, 4.69) is 41.2 Å². The predicted molar refractivity (Wildman–Crippen MR) is 284 cm³/mol. The number of carbonyl (C=O) groups is 10. The molecule has 2 bridgehead atoms. The summed E-state index contributed by atoms with van der Waals surface area (Å²) < 4.78 is 10.5. The van der Waals surface area contributed by atoms with Crippen LogP contribution in [0, 0.1) is 11.8 Å². The average molecular weight is 1100 g/mol. The molecule has 2 aromatic heterocycles. The van der Waals surface area contributed by atoms with Gasteiger partial charge in [-0.2, -0.15) is 0 Å². The Morgan fingerprint density at radius 2 is 1.01 bits per heavy atom.